The molecule has 106 valence electrons. The maximum atomic E-state index is 11.3. The quantitative estimate of drug-likeness (QED) is 0.870. The molecule has 0 bridgehead atoms. The van der Waals surface area contributed by atoms with Crippen molar-refractivity contribution in [3.63, 3.8) is 0 Å². The molecule has 0 heterocycles. The molecule has 1 aromatic rings. The minimum absolute atomic E-state index is 0.511. The van der Waals surface area contributed by atoms with Crippen molar-refractivity contribution in [1.82, 2.24) is 5.32 Å². The molecule has 4 heteroatoms. The van der Waals surface area contributed by atoms with Crippen molar-refractivity contribution < 1.29 is 9.32 Å². The van der Waals surface area contributed by atoms with Gasteiger partial charge in [0, 0.05) is 35.0 Å². The molecule has 0 saturated heterocycles. The summed E-state index contributed by atoms with van der Waals surface area (Å²) >= 11 is 0. The van der Waals surface area contributed by atoms with E-state index in [1.807, 2.05) is 24.3 Å². The number of rotatable bonds is 5. The lowest BCUT2D eigenvalue weighted by Crippen LogP contribution is -2.41. The van der Waals surface area contributed by atoms with Gasteiger partial charge in [0.05, 0.1) is 5.60 Å². The number of aliphatic hydroxyl groups is 1. The Hall–Kier alpha value is -0.710. The molecule has 2 rings (SSSR count). The van der Waals surface area contributed by atoms with Gasteiger partial charge in [-0.15, -0.1) is 0 Å². The Balaban J connectivity index is 1.80. The Kier molecular flexibility index (Phi) is 5.13. The summed E-state index contributed by atoms with van der Waals surface area (Å²) in [7, 11) is -0.914. The summed E-state index contributed by atoms with van der Waals surface area (Å²) in [6.45, 7) is 1.41. The fourth-order valence-corrected chi connectivity index (χ4v) is 3.14. The second-order valence-electron chi connectivity index (χ2n) is 5.49. The van der Waals surface area contributed by atoms with E-state index >= 15 is 0 Å². The van der Waals surface area contributed by atoms with E-state index in [-0.39, 0.29) is 0 Å². The Morgan fingerprint density at radius 2 is 1.84 bits per heavy atom. The van der Waals surface area contributed by atoms with E-state index in [1.165, 1.54) is 6.42 Å². The van der Waals surface area contributed by atoms with E-state index in [2.05, 4.69) is 5.32 Å². The predicted octanol–water partition coefficient (Wildman–Crippen LogP) is 2.21. The molecule has 0 spiro atoms. The smallest absolute Gasteiger partial charge is 0.0771 e. The summed E-state index contributed by atoms with van der Waals surface area (Å²) in [5, 5.41) is 13.7. The van der Waals surface area contributed by atoms with E-state index in [0.717, 1.165) is 42.7 Å². The zero-order valence-electron chi connectivity index (χ0n) is 11.5. The van der Waals surface area contributed by atoms with Gasteiger partial charge >= 0.3 is 0 Å². The van der Waals surface area contributed by atoms with E-state index in [9.17, 15) is 9.32 Å². The molecular formula is C15H23NO2S. The molecule has 1 aliphatic carbocycles. The Morgan fingerprint density at radius 1 is 1.21 bits per heavy atom. The second kappa shape index (κ2) is 6.64. The van der Waals surface area contributed by atoms with Crippen LogP contribution in [0.5, 0.6) is 0 Å². The van der Waals surface area contributed by atoms with Crippen LogP contribution in [0.2, 0.25) is 0 Å². The topological polar surface area (TPSA) is 49.3 Å². The molecule has 1 saturated carbocycles. The van der Waals surface area contributed by atoms with E-state index < -0.39 is 16.4 Å². The van der Waals surface area contributed by atoms with Crippen molar-refractivity contribution in [2.45, 2.75) is 49.1 Å². The van der Waals surface area contributed by atoms with Crippen molar-refractivity contribution in [2.75, 3.05) is 12.8 Å². The number of benzene rings is 1. The van der Waals surface area contributed by atoms with Gasteiger partial charge in [-0.2, -0.15) is 0 Å². The van der Waals surface area contributed by atoms with Crippen molar-refractivity contribution in [2.24, 2.45) is 0 Å². The summed E-state index contributed by atoms with van der Waals surface area (Å²) in [6, 6.07) is 7.80. The maximum absolute atomic E-state index is 11.3. The Bertz CT molecular complexity index is 424. The summed E-state index contributed by atoms with van der Waals surface area (Å²) in [5.74, 6) is 0. The summed E-state index contributed by atoms with van der Waals surface area (Å²) < 4.78 is 11.3. The predicted molar refractivity (Wildman–Crippen MR) is 78.5 cm³/mol. The van der Waals surface area contributed by atoms with Crippen LogP contribution >= 0.6 is 0 Å². The third-order valence-corrected chi connectivity index (χ3v) is 4.76. The first-order chi connectivity index (χ1) is 9.09. The van der Waals surface area contributed by atoms with Crippen LogP contribution in [0.4, 0.5) is 0 Å². The molecule has 1 fully saturated rings. The largest absolute Gasteiger partial charge is 0.389 e. The monoisotopic (exact) mass is 281 g/mol. The molecule has 1 unspecified atom stereocenters. The standard InChI is InChI=1S/C15H23NO2S/c1-19(18)14-7-5-13(6-8-14)11-16-12-15(17)9-3-2-4-10-15/h5-8,16-17H,2-4,9-12H2,1H3. The molecule has 1 atom stereocenters. The lowest BCUT2D eigenvalue weighted by Gasteiger charge is -2.32. The summed E-state index contributed by atoms with van der Waals surface area (Å²) in [6.07, 6.45) is 7.02. The molecule has 2 N–H and O–H groups in total. The first-order valence-corrected chi connectivity index (χ1v) is 8.50. The summed E-state index contributed by atoms with van der Waals surface area (Å²) in [5.41, 5.74) is 0.650. The van der Waals surface area contributed by atoms with Gasteiger partial charge in [0.1, 0.15) is 0 Å². The maximum Gasteiger partial charge on any atom is 0.0771 e. The van der Waals surface area contributed by atoms with Crippen LogP contribution in [0.15, 0.2) is 29.2 Å². The van der Waals surface area contributed by atoms with E-state index in [1.54, 1.807) is 6.26 Å². The van der Waals surface area contributed by atoms with E-state index in [4.69, 9.17) is 0 Å². The zero-order chi connectivity index (χ0) is 13.7. The normalized spacial score (nSPS) is 20.1. The van der Waals surface area contributed by atoms with Gasteiger partial charge in [0.25, 0.3) is 0 Å². The molecule has 0 aliphatic heterocycles. The van der Waals surface area contributed by atoms with Crippen LogP contribution in [0.3, 0.4) is 0 Å². The fourth-order valence-electron chi connectivity index (χ4n) is 2.63. The van der Waals surface area contributed by atoms with Gasteiger partial charge in [-0.05, 0) is 30.5 Å². The summed E-state index contributed by atoms with van der Waals surface area (Å²) in [4.78, 5) is 0.856. The van der Waals surface area contributed by atoms with Crippen molar-refractivity contribution in [3.05, 3.63) is 29.8 Å². The molecule has 0 aromatic heterocycles. The van der Waals surface area contributed by atoms with Crippen molar-refractivity contribution in [1.29, 1.82) is 0 Å². The van der Waals surface area contributed by atoms with Crippen LogP contribution in [0.25, 0.3) is 0 Å². The molecule has 1 aromatic carbocycles. The average molecular weight is 281 g/mol. The molecule has 0 radical (unpaired) electrons. The third kappa shape index (κ3) is 4.41. The number of hydrogen-bond donors (Lipinski definition) is 2. The van der Waals surface area contributed by atoms with Crippen LogP contribution in [0.1, 0.15) is 37.7 Å². The first-order valence-electron chi connectivity index (χ1n) is 6.95. The van der Waals surface area contributed by atoms with Crippen molar-refractivity contribution in [3.8, 4) is 0 Å². The molecule has 0 amide bonds. The van der Waals surface area contributed by atoms with Gasteiger partial charge in [0.15, 0.2) is 0 Å². The van der Waals surface area contributed by atoms with Gasteiger partial charge in [0.2, 0.25) is 0 Å². The van der Waals surface area contributed by atoms with Crippen LogP contribution < -0.4 is 5.32 Å². The van der Waals surface area contributed by atoms with Crippen LogP contribution in [-0.2, 0) is 17.3 Å². The lowest BCUT2D eigenvalue weighted by atomic mass is 9.85. The molecule has 19 heavy (non-hydrogen) atoms. The van der Waals surface area contributed by atoms with Crippen molar-refractivity contribution >= 4 is 10.8 Å². The molecular weight excluding hydrogens is 258 g/mol. The van der Waals surface area contributed by atoms with Gasteiger partial charge in [-0.1, -0.05) is 31.4 Å². The lowest BCUT2D eigenvalue weighted by molar-refractivity contribution is 0.00467. The number of nitrogens with one attached hydrogen (secondary N) is 1. The molecule has 3 nitrogen and oxygen atoms in total. The highest BCUT2D eigenvalue weighted by atomic mass is 32.2. The van der Waals surface area contributed by atoms with Crippen LogP contribution in [0, 0.1) is 0 Å². The molecule has 1 aliphatic rings. The van der Waals surface area contributed by atoms with Gasteiger partial charge in [-0.25, -0.2) is 0 Å². The SMILES string of the molecule is CS(=O)c1ccc(CNCC2(O)CCCCC2)cc1. The number of hydrogen-bond acceptors (Lipinski definition) is 3. The van der Waals surface area contributed by atoms with Gasteiger partial charge < -0.3 is 10.4 Å². The zero-order valence-corrected chi connectivity index (χ0v) is 12.3. The van der Waals surface area contributed by atoms with Crippen LogP contribution in [-0.4, -0.2) is 27.7 Å². The first kappa shape index (κ1) is 14.7. The average Bonchev–Trinajstić information content (AvgIpc) is 2.40. The minimum atomic E-state index is -0.914. The van der Waals surface area contributed by atoms with Gasteiger partial charge in [-0.3, -0.25) is 4.21 Å². The fraction of sp³-hybridized carbons (Fsp3) is 0.600. The second-order valence-corrected chi connectivity index (χ2v) is 6.87. The highest BCUT2D eigenvalue weighted by Crippen LogP contribution is 2.27. The minimum Gasteiger partial charge on any atom is -0.389 e. The Labute approximate surface area is 117 Å². The highest BCUT2D eigenvalue weighted by molar-refractivity contribution is 7.84. The highest BCUT2D eigenvalue weighted by Gasteiger charge is 2.28. The van der Waals surface area contributed by atoms with E-state index in [0.29, 0.717) is 6.54 Å². The third-order valence-electron chi connectivity index (χ3n) is 3.82. The Morgan fingerprint density at radius 3 is 2.42 bits per heavy atom.